The van der Waals surface area contributed by atoms with Crippen molar-refractivity contribution in [3.63, 3.8) is 0 Å². The van der Waals surface area contributed by atoms with Crippen molar-refractivity contribution in [1.29, 1.82) is 0 Å². The number of carbonyl (C=O) groups is 1. The van der Waals surface area contributed by atoms with Gasteiger partial charge >= 0.3 is 5.97 Å². The maximum atomic E-state index is 12.3. The summed E-state index contributed by atoms with van der Waals surface area (Å²) in [5.41, 5.74) is 1.45. The predicted octanol–water partition coefficient (Wildman–Crippen LogP) is 3.51. The molecule has 0 aliphatic heterocycles. The summed E-state index contributed by atoms with van der Waals surface area (Å²) in [6.45, 7) is 0.234. The minimum Gasteiger partial charge on any atom is -0.460 e. The van der Waals surface area contributed by atoms with Crippen LogP contribution >= 0.6 is 11.6 Å². The van der Waals surface area contributed by atoms with Gasteiger partial charge in [0.2, 0.25) is 0 Å². The molecule has 1 heterocycles. The molecule has 0 spiro atoms. The van der Waals surface area contributed by atoms with Crippen LogP contribution in [0.25, 0.3) is 0 Å². The number of carbonyl (C=O) groups excluding carboxylic acids is 1. The van der Waals surface area contributed by atoms with Crippen LogP contribution in [0.2, 0.25) is 5.15 Å². The van der Waals surface area contributed by atoms with Crippen LogP contribution < -0.4 is 0 Å². The lowest BCUT2D eigenvalue weighted by Gasteiger charge is -2.14. The van der Waals surface area contributed by atoms with Gasteiger partial charge in [-0.3, -0.25) is 4.79 Å². The Morgan fingerprint density at radius 3 is 2.55 bits per heavy atom. The first kappa shape index (κ1) is 13.1. The second kappa shape index (κ2) is 5.25. The third kappa shape index (κ3) is 2.54. The zero-order valence-corrected chi connectivity index (χ0v) is 11.6. The van der Waals surface area contributed by atoms with Crippen LogP contribution in [0.1, 0.15) is 24.0 Å². The average molecular weight is 288 g/mol. The van der Waals surface area contributed by atoms with E-state index in [1.54, 1.807) is 12.3 Å². The number of hydrogen-bond donors (Lipinski definition) is 0. The van der Waals surface area contributed by atoms with Crippen molar-refractivity contribution in [2.75, 3.05) is 0 Å². The predicted molar refractivity (Wildman–Crippen MR) is 76.4 cm³/mol. The first-order valence-corrected chi connectivity index (χ1v) is 6.92. The lowest BCUT2D eigenvalue weighted by atomic mass is 9.96. The van der Waals surface area contributed by atoms with Crippen LogP contribution in [-0.4, -0.2) is 11.0 Å². The van der Waals surface area contributed by atoms with Crippen molar-refractivity contribution in [1.82, 2.24) is 4.98 Å². The number of ether oxygens (including phenoxy) is 1. The molecule has 1 aliphatic rings. The summed E-state index contributed by atoms with van der Waals surface area (Å²) in [6, 6.07) is 13.3. The van der Waals surface area contributed by atoms with Crippen LogP contribution in [0.4, 0.5) is 0 Å². The molecule has 102 valence electrons. The second-order valence-electron chi connectivity index (χ2n) is 5.01. The Labute approximate surface area is 122 Å². The molecule has 2 aromatic rings. The number of aromatic nitrogens is 1. The maximum absolute atomic E-state index is 12.3. The molecule has 0 atom stereocenters. The molecule has 0 saturated heterocycles. The highest BCUT2D eigenvalue weighted by molar-refractivity contribution is 6.29. The summed E-state index contributed by atoms with van der Waals surface area (Å²) >= 11 is 5.72. The summed E-state index contributed by atoms with van der Waals surface area (Å²) in [5.74, 6) is -0.154. The number of halogens is 1. The van der Waals surface area contributed by atoms with Gasteiger partial charge in [-0.1, -0.05) is 48.0 Å². The van der Waals surface area contributed by atoms with Gasteiger partial charge < -0.3 is 4.74 Å². The molecule has 4 heteroatoms. The van der Waals surface area contributed by atoms with Gasteiger partial charge in [-0.05, 0) is 24.5 Å². The smallest absolute Gasteiger partial charge is 0.316 e. The number of rotatable bonds is 4. The van der Waals surface area contributed by atoms with Gasteiger partial charge in [0.05, 0.1) is 5.41 Å². The van der Waals surface area contributed by atoms with Crippen molar-refractivity contribution in [2.24, 2.45) is 0 Å². The Hall–Kier alpha value is -1.87. The molecule has 0 unspecified atom stereocenters. The molecule has 3 nitrogen and oxygen atoms in total. The van der Waals surface area contributed by atoms with E-state index in [0.29, 0.717) is 5.15 Å². The van der Waals surface area contributed by atoms with Crippen molar-refractivity contribution in [3.05, 3.63) is 64.9 Å². The average Bonchev–Trinajstić information content (AvgIpc) is 3.29. The summed E-state index contributed by atoms with van der Waals surface area (Å²) in [5, 5.41) is 0.433. The van der Waals surface area contributed by atoms with Gasteiger partial charge in [0.1, 0.15) is 11.8 Å². The van der Waals surface area contributed by atoms with E-state index in [1.165, 1.54) is 0 Å². The molecular formula is C16H14ClNO2. The Balaban J connectivity index is 1.67. The second-order valence-corrected chi connectivity index (χ2v) is 5.40. The SMILES string of the molecule is O=C(OCc1ccc(Cl)nc1)C1(c2ccccc2)CC1. The zero-order chi connectivity index (χ0) is 14.0. The van der Waals surface area contributed by atoms with Crippen LogP contribution in [0, 0.1) is 0 Å². The van der Waals surface area contributed by atoms with Crippen LogP contribution in [0.15, 0.2) is 48.7 Å². The molecule has 1 fully saturated rings. The first-order chi connectivity index (χ1) is 9.71. The van der Waals surface area contributed by atoms with Gasteiger partial charge in [-0.15, -0.1) is 0 Å². The van der Waals surface area contributed by atoms with Gasteiger partial charge in [0, 0.05) is 11.8 Å². The summed E-state index contributed by atoms with van der Waals surface area (Å²) < 4.78 is 5.43. The Morgan fingerprint density at radius 2 is 1.95 bits per heavy atom. The molecule has 3 rings (SSSR count). The molecule has 0 N–H and O–H groups in total. The number of pyridine rings is 1. The van der Waals surface area contributed by atoms with E-state index < -0.39 is 5.41 Å². The van der Waals surface area contributed by atoms with Crippen molar-refractivity contribution < 1.29 is 9.53 Å². The molecule has 0 bridgehead atoms. The van der Waals surface area contributed by atoms with E-state index in [-0.39, 0.29) is 12.6 Å². The van der Waals surface area contributed by atoms with E-state index in [1.807, 2.05) is 36.4 Å². The Bertz CT molecular complexity index is 606. The molecule has 0 amide bonds. The third-order valence-electron chi connectivity index (χ3n) is 3.63. The molecule has 1 aromatic carbocycles. The summed E-state index contributed by atoms with van der Waals surface area (Å²) in [4.78, 5) is 16.3. The normalized spacial score (nSPS) is 15.7. The lowest BCUT2D eigenvalue weighted by molar-refractivity contribution is -0.148. The number of nitrogens with zero attached hydrogens (tertiary/aromatic N) is 1. The van der Waals surface area contributed by atoms with E-state index in [4.69, 9.17) is 16.3 Å². The zero-order valence-electron chi connectivity index (χ0n) is 10.9. The van der Waals surface area contributed by atoms with Crippen LogP contribution in [-0.2, 0) is 21.6 Å². The van der Waals surface area contributed by atoms with Crippen LogP contribution in [0.3, 0.4) is 0 Å². The largest absolute Gasteiger partial charge is 0.460 e. The fourth-order valence-corrected chi connectivity index (χ4v) is 2.38. The first-order valence-electron chi connectivity index (χ1n) is 6.54. The summed E-state index contributed by atoms with van der Waals surface area (Å²) in [7, 11) is 0. The quantitative estimate of drug-likeness (QED) is 0.638. The highest BCUT2D eigenvalue weighted by Crippen LogP contribution is 2.49. The molecule has 1 aliphatic carbocycles. The minimum absolute atomic E-state index is 0.154. The Kier molecular flexibility index (Phi) is 3.45. The van der Waals surface area contributed by atoms with E-state index in [9.17, 15) is 4.79 Å². The van der Waals surface area contributed by atoms with Gasteiger partial charge in [-0.2, -0.15) is 0 Å². The fraction of sp³-hybridized carbons (Fsp3) is 0.250. The number of hydrogen-bond acceptors (Lipinski definition) is 3. The van der Waals surface area contributed by atoms with Gasteiger partial charge in [0.25, 0.3) is 0 Å². The molecular weight excluding hydrogens is 274 g/mol. The number of benzene rings is 1. The number of esters is 1. The van der Waals surface area contributed by atoms with Gasteiger partial charge in [-0.25, -0.2) is 4.98 Å². The maximum Gasteiger partial charge on any atom is 0.316 e. The summed E-state index contributed by atoms with van der Waals surface area (Å²) in [6.07, 6.45) is 3.33. The Morgan fingerprint density at radius 1 is 1.20 bits per heavy atom. The standard InChI is InChI=1S/C16H14ClNO2/c17-14-7-6-12(10-18-14)11-20-15(19)16(8-9-16)13-4-2-1-3-5-13/h1-7,10H,8-9,11H2. The van der Waals surface area contributed by atoms with E-state index in [2.05, 4.69) is 4.98 Å². The highest BCUT2D eigenvalue weighted by atomic mass is 35.5. The topological polar surface area (TPSA) is 39.2 Å². The monoisotopic (exact) mass is 287 g/mol. The highest BCUT2D eigenvalue weighted by Gasteiger charge is 2.52. The fourth-order valence-electron chi connectivity index (χ4n) is 2.27. The van der Waals surface area contributed by atoms with Crippen molar-refractivity contribution >= 4 is 17.6 Å². The molecule has 1 aromatic heterocycles. The van der Waals surface area contributed by atoms with E-state index >= 15 is 0 Å². The molecule has 0 radical (unpaired) electrons. The van der Waals surface area contributed by atoms with E-state index in [0.717, 1.165) is 24.0 Å². The van der Waals surface area contributed by atoms with Crippen molar-refractivity contribution in [3.8, 4) is 0 Å². The molecule has 20 heavy (non-hydrogen) atoms. The van der Waals surface area contributed by atoms with Crippen molar-refractivity contribution in [2.45, 2.75) is 24.9 Å². The minimum atomic E-state index is -0.429. The van der Waals surface area contributed by atoms with Gasteiger partial charge in [0.15, 0.2) is 0 Å². The molecule has 1 saturated carbocycles. The lowest BCUT2D eigenvalue weighted by Crippen LogP contribution is -2.23. The third-order valence-corrected chi connectivity index (χ3v) is 3.85. The van der Waals surface area contributed by atoms with Crippen LogP contribution in [0.5, 0.6) is 0 Å².